The molecule has 2 atom stereocenters. The molecule has 1 aromatic rings. The Morgan fingerprint density at radius 1 is 1.09 bits per heavy atom. The molecule has 44 heavy (non-hydrogen) atoms. The predicted octanol–water partition coefficient (Wildman–Crippen LogP) is 12.4. The van der Waals surface area contributed by atoms with Crippen LogP contribution in [0.1, 0.15) is 125 Å². The van der Waals surface area contributed by atoms with Gasteiger partial charge in [-0.1, -0.05) is 109 Å². The summed E-state index contributed by atoms with van der Waals surface area (Å²) in [4.78, 5) is 12.4. The molecule has 1 aromatic carbocycles. The fourth-order valence-corrected chi connectivity index (χ4v) is 8.07. The maximum Gasteiger partial charge on any atom is 0.181 e. The van der Waals surface area contributed by atoms with E-state index in [0.717, 1.165) is 62.0 Å². The molecule has 0 aliphatic heterocycles. The first-order valence-corrected chi connectivity index (χ1v) is 17.4. The number of allylic oxidation sites excluding steroid dienone is 8. The van der Waals surface area contributed by atoms with Crippen LogP contribution in [0.2, 0.25) is 5.02 Å². The highest BCUT2D eigenvalue weighted by molar-refractivity contribution is 6.31. The van der Waals surface area contributed by atoms with Crippen LogP contribution in [0.25, 0.3) is 5.57 Å². The molecule has 1 saturated carbocycles. The van der Waals surface area contributed by atoms with E-state index in [4.69, 9.17) is 23.9 Å². The van der Waals surface area contributed by atoms with E-state index >= 15 is 0 Å². The van der Waals surface area contributed by atoms with Gasteiger partial charge in [-0.05, 0) is 134 Å². The first kappa shape index (κ1) is 36.2. The molecule has 0 saturated heterocycles. The second-order valence-corrected chi connectivity index (χ2v) is 16.0. The SMILES string of the molecule is C=CC(=O)C1=CC=C(C(CCC(C)(C)C)C(=C)C2(C(C=C(C)c3cc(N)cc(Cl)c3)CC)CCC(C(C)(C)CC)CC2)CC1. The Labute approximate surface area is 275 Å². The van der Waals surface area contributed by atoms with Gasteiger partial charge >= 0.3 is 0 Å². The van der Waals surface area contributed by atoms with E-state index < -0.39 is 0 Å². The van der Waals surface area contributed by atoms with E-state index in [-0.39, 0.29) is 16.6 Å². The summed E-state index contributed by atoms with van der Waals surface area (Å²) in [6.45, 7) is 27.6. The van der Waals surface area contributed by atoms with Crippen molar-refractivity contribution < 1.29 is 4.79 Å². The molecule has 2 nitrogen and oxygen atoms in total. The van der Waals surface area contributed by atoms with Crippen LogP contribution in [0.5, 0.6) is 0 Å². The van der Waals surface area contributed by atoms with Crippen molar-refractivity contribution in [3.05, 3.63) is 83.0 Å². The molecule has 0 spiro atoms. The number of nitrogen functional groups attached to an aromatic ring is 1. The summed E-state index contributed by atoms with van der Waals surface area (Å²) in [7, 11) is 0. The molecule has 2 N–H and O–H groups in total. The third kappa shape index (κ3) is 8.68. The fourth-order valence-electron chi connectivity index (χ4n) is 7.83. The molecule has 2 aliphatic carbocycles. The Morgan fingerprint density at radius 3 is 2.25 bits per heavy atom. The minimum absolute atomic E-state index is 0.00473. The number of hydrogen-bond donors (Lipinski definition) is 1. The summed E-state index contributed by atoms with van der Waals surface area (Å²) < 4.78 is 0. The summed E-state index contributed by atoms with van der Waals surface area (Å²) in [5, 5.41) is 0.677. The van der Waals surface area contributed by atoms with E-state index in [1.165, 1.54) is 42.1 Å². The average Bonchev–Trinajstić information content (AvgIpc) is 2.98. The Morgan fingerprint density at radius 2 is 1.75 bits per heavy atom. The minimum atomic E-state index is 0.00473. The number of carbonyl (C=O) groups excluding carboxylic acids is 1. The number of hydrogen-bond acceptors (Lipinski definition) is 2. The average molecular weight is 618 g/mol. The van der Waals surface area contributed by atoms with Gasteiger partial charge in [0.1, 0.15) is 0 Å². The number of nitrogens with two attached hydrogens (primary N) is 1. The highest BCUT2D eigenvalue weighted by Crippen LogP contribution is 2.58. The lowest BCUT2D eigenvalue weighted by Gasteiger charge is -2.51. The van der Waals surface area contributed by atoms with Crippen molar-refractivity contribution >= 4 is 28.6 Å². The molecule has 3 rings (SSSR count). The third-order valence-corrected chi connectivity index (χ3v) is 11.5. The van der Waals surface area contributed by atoms with Crippen LogP contribution in [0, 0.1) is 34.0 Å². The molecule has 2 unspecified atom stereocenters. The number of anilines is 1. The Hall–Kier alpha value is -2.32. The van der Waals surface area contributed by atoms with Crippen LogP contribution in [0.15, 0.2) is 72.4 Å². The number of rotatable bonds is 13. The Balaban J connectivity index is 2.12. The van der Waals surface area contributed by atoms with E-state index in [0.29, 0.717) is 28.0 Å². The second-order valence-electron chi connectivity index (χ2n) is 15.6. The first-order valence-electron chi connectivity index (χ1n) is 17.1. The van der Waals surface area contributed by atoms with Gasteiger partial charge in [0.15, 0.2) is 5.78 Å². The van der Waals surface area contributed by atoms with Gasteiger partial charge in [-0.25, -0.2) is 0 Å². The topological polar surface area (TPSA) is 43.1 Å². The molecule has 0 amide bonds. The van der Waals surface area contributed by atoms with Crippen LogP contribution < -0.4 is 5.73 Å². The lowest BCUT2D eigenvalue weighted by Crippen LogP contribution is -2.41. The van der Waals surface area contributed by atoms with Gasteiger partial charge in [0.25, 0.3) is 0 Å². The quantitative estimate of drug-likeness (QED) is 0.136. The zero-order valence-electron chi connectivity index (χ0n) is 29.1. The van der Waals surface area contributed by atoms with Crippen molar-refractivity contribution in [1.29, 1.82) is 0 Å². The number of benzene rings is 1. The lowest BCUT2D eigenvalue weighted by atomic mass is 9.53. The van der Waals surface area contributed by atoms with E-state index in [1.54, 1.807) is 0 Å². The third-order valence-electron chi connectivity index (χ3n) is 11.2. The van der Waals surface area contributed by atoms with Gasteiger partial charge in [-0.3, -0.25) is 4.79 Å². The van der Waals surface area contributed by atoms with Crippen molar-refractivity contribution in [3.8, 4) is 0 Å². The second kappa shape index (κ2) is 14.8. The maximum atomic E-state index is 12.4. The van der Waals surface area contributed by atoms with Crippen LogP contribution in [-0.2, 0) is 4.79 Å². The first-order chi connectivity index (χ1) is 20.6. The van der Waals surface area contributed by atoms with Crippen molar-refractivity contribution in [2.75, 3.05) is 5.73 Å². The normalized spacial score (nSPS) is 22.9. The number of carbonyl (C=O) groups is 1. The largest absolute Gasteiger partial charge is 0.399 e. The van der Waals surface area contributed by atoms with Crippen molar-refractivity contribution in [2.24, 2.45) is 34.0 Å². The molecule has 0 radical (unpaired) electrons. The standard InChI is InChI=1S/C41H60ClNO/c1-11-33(24-28(4)32-25-35(42)27-36(43)26-32)41(22-18-34(19-23-41)40(9,10)13-3)29(5)37(20-21-39(6,7)8)30-14-16-31(17-15-30)38(44)12-2/h12,14,16,24-27,33-34,37H,2,5,11,13,15,17-23,43H2,1,3-4,6-10H3. The van der Waals surface area contributed by atoms with Crippen LogP contribution >= 0.6 is 11.6 Å². The van der Waals surface area contributed by atoms with Crippen molar-refractivity contribution in [1.82, 2.24) is 0 Å². The summed E-state index contributed by atoms with van der Waals surface area (Å²) in [6, 6.07) is 5.89. The van der Waals surface area contributed by atoms with Crippen LogP contribution in [0.3, 0.4) is 0 Å². The summed E-state index contributed by atoms with van der Waals surface area (Å²) in [5.74, 6) is 1.43. The smallest absolute Gasteiger partial charge is 0.181 e. The molecular formula is C41H60ClNO. The number of ketones is 1. The monoisotopic (exact) mass is 617 g/mol. The molecular weight excluding hydrogens is 558 g/mol. The summed E-state index contributed by atoms with van der Waals surface area (Å²) >= 11 is 6.44. The molecule has 1 fully saturated rings. The van der Waals surface area contributed by atoms with Crippen molar-refractivity contribution in [3.63, 3.8) is 0 Å². The maximum absolute atomic E-state index is 12.4. The summed E-state index contributed by atoms with van der Waals surface area (Å²) in [6.07, 6.45) is 19.2. The molecule has 2 aliphatic rings. The fraction of sp³-hybridized carbons (Fsp3) is 0.585. The Kier molecular flexibility index (Phi) is 12.2. The van der Waals surface area contributed by atoms with Gasteiger partial charge in [0.2, 0.25) is 0 Å². The van der Waals surface area contributed by atoms with E-state index in [1.807, 2.05) is 18.2 Å². The molecule has 0 aromatic heterocycles. The zero-order chi connectivity index (χ0) is 32.9. The molecule has 242 valence electrons. The highest BCUT2D eigenvalue weighted by atomic mass is 35.5. The van der Waals surface area contributed by atoms with Crippen molar-refractivity contribution in [2.45, 2.75) is 120 Å². The summed E-state index contributed by atoms with van der Waals surface area (Å²) in [5.41, 5.74) is 13.5. The zero-order valence-corrected chi connectivity index (χ0v) is 29.9. The van der Waals surface area contributed by atoms with Gasteiger partial charge in [0.05, 0.1) is 0 Å². The molecule has 0 heterocycles. The molecule has 0 bridgehead atoms. The van der Waals surface area contributed by atoms with E-state index in [9.17, 15) is 4.79 Å². The minimum Gasteiger partial charge on any atom is -0.399 e. The van der Waals surface area contributed by atoms with Gasteiger partial charge in [-0.2, -0.15) is 0 Å². The predicted molar refractivity (Wildman–Crippen MR) is 194 cm³/mol. The van der Waals surface area contributed by atoms with Crippen LogP contribution in [0.4, 0.5) is 5.69 Å². The Bertz CT molecular complexity index is 1270. The van der Waals surface area contributed by atoms with Crippen LogP contribution in [-0.4, -0.2) is 5.78 Å². The van der Waals surface area contributed by atoms with E-state index in [2.05, 4.69) is 80.2 Å². The van der Waals surface area contributed by atoms with Gasteiger partial charge < -0.3 is 5.73 Å². The molecule has 3 heteroatoms. The van der Waals surface area contributed by atoms with Gasteiger partial charge in [-0.15, -0.1) is 0 Å². The lowest BCUT2D eigenvalue weighted by molar-refractivity contribution is -0.111. The van der Waals surface area contributed by atoms with Gasteiger partial charge in [0, 0.05) is 16.6 Å². The number of halogens is 1. The highest BCUT2D eigenvalue weighted by Gasteiger charge is 2.47.